The Kier molecular flexibility index (Phi) is 3.25. The molecule has 0 bridgehead atoms. The lowest BCUT2D eigenvalue weighted by molar-refractivity contribution is -0.137. The largest absolute Gasteiger partial charge is 0.444 e. The summed E-state index contributed by atoms with van der Waals surface area (Å²) in [4.78, 5) is -0.250. The lowest BCUT2D eigenvalue weighted by Gasteiger charge is -2.07. The molecule has 114 valence electrons. The molecular weight excluding hydrogens is 317 g/mol. The summed E-state index contributed by atoms with van der Waals surface area (Å²) >= 11 is 0. The summed E-state index contributed by atoms with van der Waals surface area (Å²) in [6, 6.07) is 11.4. The Morgan fingerprint density at radius 2 is 1.55 bits per heavy atom. The normalized spacial score (nSPS) is 12.7. The maximum atomic E-state index is 12.5. The Hall–Kier alpha value is -2.28. The van der Waals surface area contributed by atoms with Gasteiger partial charge in [-0.05, 0) is 30.3 Å². The zero-order valence-corrected chi connectivity index (χ0v) is 11.8. The van der Waals surface area contributed by atoms with E-state index in [2.05, 4.69) is 0 Å². The van der Waals surface area contributed by atoms with E-state index in [0.29, 0.717) is 11.0 Å². The van der Waals surface area contributed by atoms with Crippen molar-refractivity contribution < 1.29 is 26.0 Å². The van der Waals surface area contributed by atoms with Crippen LogP contribution in [0.5, 0.6) is 0 Å². The van der Waals surface area contributed by atoms with E-state index in [1.165, 1.54) is 6.07 Å². The van der Waals surface area contributed by atoms with Crippen molar-refractivity contribution in [1.29, 1.82) is 0 Å². The van der Waals surface area contributed by atoms with Crippen LogP contribution in [0.25, 0.3) is 11.0 Å². The molecule has 2 aromatic carbocycles. The molecule has 0 spiro atoms. The van der Waals surface area contributed by atoms with Crippen LogP contribution in [0, 0.1) is 0 Å². The van der Waals surface area contributed by atoms with Gasteiger partial charge in [0.15, 0.2) is 0 Å². The van der Waals surface area contributed by atoms with E-state index in [-0.39, 0.29) is 9.99 Å². The SMILES string of the molecule is O=S(=O)(c1ccc(C(F)(F)F)cc1)c1cc2ccccc2o1. The van der Waals surface area contributed by atoms with Gasteiger partial charge in [-0.3, -0.25) is 0 Å². The van der Waals surface area contributed by atoms with Crippen LogP contribution in [0.15, 0.2) is 69.0 Å². The number of hydrogen-bond donors (Lipinski definition) is 0. The molecule has 0 radical (unpaired) electrons. The van der Waals surface area contributed by atoms with Gasteiger partial charge >= 0.3 is 6.18 Å². The molecule has 1 heterocycles. The van der Waals surface area contributed by atoms with E-state index in [1.807, 2.05) is 0 Å². The molecular formula is C15H9F3O3S. The minimum atomic E-state index is -4.51. The number of sulfone groups is 1. The van der Waals surface area contributed by atoms with Gasteiger partial charge in [0.25, 0.3) is 0 Å². The van der Waals surface area contributed by atoms with Crippen LogP contribution >= 0.6 is 0 Å². The van der Waals surface area contributed by atoms with Crippen LogP contribution in [0.4, 0.5) is 13.2 Å². The molecule has 0 aliphatic rings. The van der Waals surface area contributed by atoms with Gasteiger partial charge in [-0.25, -0.2) is 8.42 Å². The van der Waals surface area contributed by atoms with E-state index < -0.39 is 21.6 Å². The van der Waals surface area contributed by atoms with Crippen molar-refractivity contribution in [3.8, 4) is 0 Å². The highest BCUT2D eigenvalue weighted by Gasteiger charge is 2.31. The lowest BCUT2D eigenvalue weighted by Crippen LogP contribution is -2.06. The Bertz CT molecular complexity index is 890. The molecule has 22 heavy (non-hydrogen) atoms. The average Bonchev–Trinajstić information content (AvgIpc) is 2.91. The first-order valence-corrected chi connectivity index (χ1v) is 7.68. The number of halogens is 3. The van der Waals surface area contributed by atoms with E-state index in [1.54, 1.807) is 24.3 Å². The Balaban J connectivity index is 2.05. The maximum absolute atomic E-state index is 12.5. The minimum Gasteiger partial charge on any atom is -0.444 e. The third kappa shape index (κ3) is 2.48. The molecule has 7 heteroatoms. The topological polar surface area (TPSA) is 47.3 Å². The summed E-state index contributed by atoms with van der Waals surface area (Å²) in [5.74, 6) is 0. The molecule has 3 aromatic rings. The molecule has 0 N–H and O–H groups in total. The van der Waals surface area contributed by atoms with Crippen molar-refractivity contribution in [2.45, 2.75) is 16.2 Å². The van der Waals surface area contributed by atoms with Gasteiger partial charge in [-0.2, -0.15) is 13.2 Å². The number of rotatable bonds is 2. The van der Waals surface area contributed by atoms with Crippen molar-refractivity contribution in [3.05, 3.63) is 60.2 Å². The maximum Gasteiger partial charge on any atom is 0.416 e. The second-order valence-corrected chi connectivity index (χ2v) is 6.51. The molecule has 1 aromatic heterocycles. The van der Waals surface area contributed by atoms with Gasteiger partial charge in [0.05, 0.1) is 10.5 Å². The van der Waals surface area contributed by atoms with E-state index in [9.17, 15) is 21.6 Å². The van der Waals surface area contributed by atoms with Gasteiger partial charge in [0, 0.05) is 11.5 Å². The molecule has 0 fully saturated rings. The van der Waals surface area contributed by atoms with Crippen molar-refractivity contribution in [2.75, 3.05) is 0 Å². The van der Waals surface area contributed by atoms with Gasteiger partial charge in [0.1, 0.15) is 5.58 Å². The molecule has 3 nitrogen and oxygen atoms in total. The molecule has 0 saturated heterocycles. The number of hydrogen-bond acceptors (Lipinski definition) is 3. The smallest absolute Gasteiger partial charge is 0.416 e. The standard InChI is InChI=1S/C15H9F3O3S/c16-15(17,18)11-5-7-12(8-6-11)22(19,20)14-9-10-3-1-2-4-13(10)21-14/h1-9H. The first kappa shape index (κ1) is 14.6. The zero-order chi connectivity index (χ0) is 16.0. The molecule has 0 aliphatic carbocycles. The third-order valence-corrected chi connectivity index (χ3v) is 4.78. The zero-order valence-electron chi connectivity index (χ0n) is 11.0. The molecule has 0 unspecified atom stereocenters. The number of benzene rings is 2. The van der Waals surface area contributed by atoms with Crippen LogP contribution in [0.2, 0.25) is 0 Å². The van der Waals surface area contributed by atoms with Crippen LogP contribution in [0.1, 0.15) is 5.56 Å². The van der Waals surface area contributed by atoms with Gasteiger partial charge in [-0.1, -0.05) is 18.2 Å². The summed E-state index contributed by atoms with van der Waals surface area (Å²) < 4.78 is 67.6. The Morgan fingerprint density at radius 1 is 0.909 bits per heavy atom. The van der Waals surface area contributed by atoms with Gasteiger partial charge in [-0.15, -0.1) is 0 Å². The van der Waals surface area contributed by atoms with Gasteiger partial charge in [0.2, 0.25) is 14.9 Å². The fourth-order valence-electron chi connectivity index (χ4n) is 2.03. The average molecular weight is 326 g/mol. The quantitative estimate of drug-likeness (QED) is 0.706. The van der Waals surface area contributed by atoms with Crippen LogP contribution < -0.4 is 0 Å². The fourth-order valence-corrected chi connectivity index (χ4v) is 3.24. The lowest BCUT2D eigenvalue weighted by atomic mass is 10.2. The highest BCUT2D eigenvalue weighted by Crippen LogP contribution is 2.32. The van der Waals surface area contributed by atoms with E-state index in [4.69, 9.17) is 4.42 Å². The van der Waals surface area contributed by atoms with E-state index in [0.717, 1.165) is 24.3 Å². The van der Waals surface area contributed by atoms with E-state index >= 15 is 0 Å². The Labute approximate surface area is 123 Å². The number of alkyl halides is 3. The summed E-state index contributed by atoms with van der Waals surface area (Å²) in [5.41, 5.74) is -0.510. The molecule has 0 aliphatic heterocycles. The van der Waals surface area contributed by atoms with Crippen LogP contribution in [-0.2, 0) is 16.0 Å². The molecule has 3 rings (SSSR count). The molecule has 0 atom stereocenters. The predicted molar refractivity (Wildman–Crippen MR) is 73.1 cm³/mol. The highest BCUT2D eigenvalue weighted by molar-refractivity contribution is 7.91. The summed E-state index contributed by atoms with van der Waals surface area (Å²) in [6.07, 6.45) is -4.51. The molecule has 0 amide bonds. The fraction of sp³-hybridized carbons (Fsp3) is 0.0667. The van der Waals surface area contributed by atoms with Crippen molar-refractivity contribution in [1.82, 2.24) is 0 Å². The number of para-hydroxylation sites is 1. The van der Waals surface area contributed by atoms with Crippen LogP contribution in [0.3, 0.4) is 0 Å². The first-order valence-electron chi connectivity index (χ1n) is 6.19. The number of fused-ring (bicyclic) bond motifs is 1. The Morgan fingerprint density at radius 3 is 2.14 bits per heavy atom. The minimum absolute atomic E-state index is 0.250. The van der Waals surface area contributed by atoms with Crippen molar-refractivity contribution in [3.63, 3.8) is 0 Å². The van der Waals surface area contributed by atoms with Crippen molar-refractivity contribution in [2.24, 2.45) is 0 Å². The second kappa shape index (κ2) is 4.88. The summed E-state index contributed by atoms with van der Waals surface area (Å²) in [5, 5.41) is 0.307. The second-order valence-electron chi connectivity index (χ2n) is 4.63. The van der Waals surface area contributed by atoms with Gasteiger partial charge < -0.3 is 4.42 Å². The highest BCUT2D eigenvalue weighted by atomic mass is 32.2. The predicted octanol–water partition coefficient (Wildman–Crippen LogP) is 4.28. The van der Waals surface area contributed by atoms with Crippen LogP contribution in [-0.4, -0.2) is 8.42 Å². The summed E-state index contributed by atoms with van der Waals surface area (Å²) in [7, 11) is -4.00. The molecule has 0 saturated carbocycles. The van der Waals surface area contributed by atoms with Crippen molar-refractivity contribution >= 4 is 20.8 Å². The monoisotopic (exact) mass is 326 g/mol. The summed E-state index contributed by atoms with van der Waals surface area (Å²) in [6.45, 7) is 0. The number of furan rings is 1. The first-order chi connectivity index (χ1) is 10.3. The third-order valence-electron chi connectivity index (χ3n) is 3.16.